The van der Waals surface area contributed by atoms with E-state index in [2.05, 4.69) is 4.90 Å². The van der Waals surface area contributed by atoms with Gasteiger partial charge < -0.3 is 9.64 Å². The van der Waals surface area contributed by atoms with Crippen molar-refractivity contribution in [2.45, 2.75) is 31.1 Å². The van der Waals surface area contributed by atoms with E-state index in [0.29, 0.717) is 17.4 Å². The van der Waals surface area contributed by atoms with Crippen LogP contribution in [0.1, 0.15) is 24.8 Å². The second-order valence-corrected chi connectivity index (χ2v) is 11.3. The largest absolute Gasteiger partial charge is 0.494 e. The van der Waals surface area contributed by atoms with Crippen molar-refractivity contribution < 1.29 is 17.9 Å². The molecule has 178 valence electrons. The first-order chi connectivity index (χ1) is 15.7. The van der Waals surface area contributed by atoms with Gasteiger partial charge in [0, 0.05) is 13.0 Å². The molecule has 0 radical (unpaired) electrons. The number of carbonyl (C=O) groups excluding carboxylic acids is 1. The fraction of sp³-hybridized carbons (Fsp3) is 0.417. The highest BCUT2D eigenvalue weighted by atomic mass is 32.2. The summed E-state index contributed by atoms with van der Waals surface area (Å²) in [6, 6.07) is 12.2. The molecule has 0 fully saturated rings. The lowest BCUT2D eigenvalue weighted by Gasteiger charge is -2.21. The van der Waals surface area contributed by atoms with E-state index in [1.165, 1.54) is 11.3 Å². The quantitative estimate of drug-likeness (QED) is 0.403. The number of nitrogens with zero attached hydrogens (tertiary/aromatic N) is 3. The van der Waals surface area contributed by atoms with Crippen molar-refractivity contribution >= 4 is 42.4 Å². The Morgan fingerprint density at radius 2 is 1.79 bits per heavy atom. The number of hydrogen-bond donors (Lipinski definition) is 0. The number of rotatable bonds is 11. The predicted octanol–water partition coefficient (Wildman–Crippen LogP) is 4.15. The maximum absolute atomic E-state index is 13.2. The van der Waals surface area contributed by atoms with Crippen molar-refractivity contribution in [2.24, 2.45) is 0 Å². The maximum atomic E-state index is 13.2. The number of aromatic nitrogens is 1. The van der Waals surface area contributed by atoms with E-state index in [4.69, 9.17) is 9.72 Å². The van der Waals surface area contributed by atoms with Gasteiger partial charge in [-0.15, -0.1) is 0 Å². The lowest BCUT2D eigenvalue weighted by atomic mass is 10.2. The fourth-order valence-corrected chi connectivity index (χ4v) is 5.97. The predicted molar refractivity (Wildman–Crippen MR) is 134 cm³/mol. The van der Waals surface area contributed by atoms with Gasteiger partial charge in [-0.25, -0.2) is 13.4 Å². The van der Waals surface area contributed by atoms with Crippen LogP contribution in [-0.2, 0) is 14.6 Å². The Bertz CT molecular complexity index is 1190. The number of carbonyl (C=O) groups is 1. The van der Waals surface area contributed by atoms with Gasteiger partial charge in [-0.2, -0.15) is 0 Å². The van der Waals surface area contributed by atoms with Crippen molar-refractivity contribution in [3.8, 4) is 5.75 Å². The Morgan fingerprint density at radius 1 is 1.06 bits per heavy atom. The summed E-state index contributed by atoms with van der Waals surface area (Å²) in [6.45, 7) is 3.36. The third-order valence-electron chi connectivity index (χ3n) is 5.34. The molecular formula is C24H31N3O4S2. The minimum absolute atomic E-state index is 0.0684. The highest BCUT2D eigenvalue weighted by molar-refractivity contribution is 7.91. The molecule has 0 aliphatic carbocycles. The van der Waals surface area contributed by atoms with Crippen LogP contribution in [0.15, 0.2) is 47.4 Å². The second-order valence-electron chi connectivity index (χ2n) is 8.20. The molecule has 1 aromatic heterocycles. The summed E-state index contributed by atoms with van der Waals surface area (Å²) >= 11 is 1.47. The lowest BCUT2D eigenvalue weighted by molar-refractivity contribution is -0.118. The van der Waals surface area contributed by atoms with Gasteiger partial charge >= 0.3 is 0 Å². The molecule has 33 heavy (non-hydrogen) atoms. The van der Waals surface area contributed by atoms with Crippen LogP contribution in [0.4, 0.5) is 5.13 Å². The second kappa shape index (κ2) is 11.1. The molecule has 3 aromatic rings. The molecule has 0 aliphatic heterocycles. The molecule has 0 unspecified atom stereocenters. The molecule has 0 bridgehead atoms. The van der Waals surface area contributed by atoms with Crippen LogP contribution in [0.3, 0.4) is 0 Å². The Labute approximate surface area is 199 Å². The highest BCUT2D eigenvalue weighted by Gasteiger charge is 2.22. The summed E-state index contributed by atoms with van der Waals surface area (Å²) < 4.78 is 31.6. The van der Waals surface area contributed by atoms with Gasteiger partial charge in [0.1, 0.15) is 11.3 Å². The zero-order valence-electron chi connectivity index (χ0n) is 19.6. The smallest absolute Gasteiger partial charge is 0.228 e. The molecule has 1 heterocycles. The van der Waals surface area contributed by atoms with Gasteiger partial charge in [0.2, 0.25) is 5.91 Å². The van der Waals surface area contributed by atoms with Gasteiger partial charge in [0.25, 0.3) is 0 Å². The number of methoxy groups -OCH3 is 1. The normalized spacial score (nSPS) is 11.8. The SMILES string of the molecule is COc1ccc(C)c2sc(N(CCCN(C)C)C(=O)CCCS(=O)(=O)c3ccccc3)nc12. The van der Waals surface area contributed by atoms with Gasteiger partial charge in [0.15, 0.2) is 15.0 Å². The topological polar surface area (TPSA) is 79.8 Å². The summed E-state index contributed by atoms with van der Waals surface area (Å²) in [6.07, 6.45) is 1.18. The number of sulfone groups is 1. The first-order valence-corrected chi connectivity index (χ1v) is 13.4. The van der Waals surface area contributed by atoms with Crippen LogP contribution >= 0.6 is 11.3 Å². The molecule has 0 N–H and O–H groups in total. The number of benzene rings is 2. The molecule has 0 atom stereocenters. The Balaban J connectivity index is 1.78. The van der Waals surface area contributed by atoms with Crippen LogP contribution < -0.4 is 9.64 Å². The molecule has 7 nitrogen and oxygen atoms in total. The van der Waals surface area contributed by atoms with E-state index in [1.54, 1.807) is 42.3 Å². The van der Waals surface area contributed by atoms with E-state index < -0.39 is 9.84 Å². The van der Waals surface area contributed by atoms with Crippen molar-refractivity contribution in [1.29, 1.82) is 0 Å². The number of hydrogen-bond acceptors (Lipinski definition) is 7. The molecule has 2 aromatic carbocycles. The van der Waals surface area contributed by atoms with E-state index in [9.17, 15) is 13.2 Å². The zero-order chi connectivity index (χ0) is 24.0. The average Bonchev–Trinajstić information content (AvgIpc) is 3.23. The van der Waals surface area contributed by atoms with Crippen LogP contribution in [0, 0.1) is 6.92 Å². The minimum atomic E-state index is -3.42. The average molecular weight is 490 g/mol. The van der Waals surface area contributed by atoms with Crippen LogP contribution in [0.5, 0.6) is 5.75 Å². The fourth-order valence-electron chi connectivity index (χ4n) is 3.54. The van der Waals surface area contributed by atoms with Crippen molar-refractivity contribution in [2.75, 3.05) is 44.9 Å². The highest BCUT2D eigenvalue weighted by Crippen LogP contribution is 2.36. The third kappa shape index (κ3) is 6.31. The van der Waals surface area contributed by atoms with Gasteiger partial charge in [-0.1, -0.05) is 35.6 Å². The summed E-state index contributed by atoms with van der Waals surface area (Å²) in [5.41, 5.74) is 1.82. The number of anilines is 1. The molecule has 0 saturated carbocycles. The van der Waals surface area contributed by atoms with Crippen LogP contribution in [0.2, 0.25) is 0 Å². The van der Waals surface area contributed by atoms with E-state index in [1.807, 2.05) is 33.2 Å². The number of amides is 1. The van der Waals surface area contributed by atoms with E-state index in [0.717, 1.165) is 28.7 Å². The molecule has 3 rings (SSSR count). The summed E-state index contributed by atoms with van der Waals surface area (Å²) in [4.78, 5) is 22.0. The van der Waals surface area contributed by atoms with Gasteiger partial charge in [0.05, 0.1) is 22.5 Å². The number of thiazole rings is 1. The van der Waals surface area contributed by atoms with Crippen LogP contribution in [-0.4, -0.2) is 64.3 Å². The van der Waals surface area contributed by atoms with Crippen molar-refractivity contribution in [1.82, 2.24) is 9.88 Å². The molecule has 9 heteroatoms. The summed E-state index contributed by atoms with van der Waals surface area (Å²) in [7, 11) is 2.18. The van der Waals surface area contributed by atoms with Gasteiger partial charge in [-0.05, 0) is 64.2 Å². The Hall–Kier alpha value is -2.49. The van der Waals surface area contributed by atoms with Crippen molar-refractivity contribution in [3.63, 3.8) is 0 Å². The number of ether oxygens (including phenoxy) is 1. The van der Waals surface area contributed by atoms with E-state index in [-0.39, 0.29) is 29.4 Å². The molecule has 0 saturated heterocycles. The third-order valence-corrected chi connectivity index (χ3v) is 8.37. The number of aryl methyl sites for hydroxylation is 1. The maximum Gasteiger partial charge on any atom is 0.228 e. The Morgan fingerprint density at radius 3 is 2.45 bits per heavy atom. The van der Waals surface area contributed by atoms with Crippen LogP contribution in [0.25, 0.3) is 10.2 Å². The number of fused-ring (bicyclic) bond motifs is 1. The zero-order valence-corrected chi connectivity index (χ0v) is 21.2. The monoisotopic (exact) mass is 489 g/mol. The molecule has 0 aliphatic rings. The first kappa shape index (κ1) is 25.1. The first-order valence-electron chi connectivity index (χ1n) is 10.9. The van der Waals surface area contributed by atoms with Crippen molar-refractivity contribution in [3.05, 3.63) is 48.0 Å². The lowest BCUT2D eigenvalue weighted by Crippen LogP contribution is -2.33. The Kier molecular flexibility index (Phi) is 8.45. The standard InChI is InChI=1S/C24H31N3O4S2/c1-18-13-14-20(31-4)22-23(18)32-24(25-22)27(16-9-15-26(2)3)21(28)12-8-17-33(29,30)19-10-6-5-7-11-19/h5-7,10-11,13-14H,8-9,12,15-17H2,1-4H3. The van der Waals surface area contributed by atoms with E-state index >= 15 is 0 Å². The van der Waals surface area contributed by atoms with Gasteiger partial charge in [-0.3, -0.25) is 9.69 Å². The summed E-state index contributed by atoms with van der Waals surface area (Å²) in [5, 5.41) is 0.618. The minimum Gasteiger partial charge on any atom is -0.494 e. The molecular weight excluding hydrogens is 458 g/mol. The molecule has 1 amide bonds. The molecule has 0 spiro atoms. The summed E-state index contributed by atoms with van der Waals surface area (Å²) in [5.74, 6) is 0.488.